The molecule has 3 aromatic rings. The van der Waals surface area contributed by atoms with E-state index in [4.69, 9.17) is 4.74 Å². The van der Waals surface area contributed by atoms with Gasteiger partial charge in [-0.1, -0.05) is 36.4 Å². The molecule has 1 aliphatic rings. The van der Waals surface area contributed by atoms with E-state index in [0.29, 0.717) is 26.1 Å². The molecule has 4 heteroatoms. The molecule has 26 heavy (non-hydrogen) atoms. The fraction of sp³-hybridized carbons (Fsp3) is 0.227. The van der Waals surface area contributed by atoms with E-state index in [2.05, 4.69) is 35.0 Å². The van der Waals surface area contributed by atoms with Crippen molar-refractivity contribution in [2.24, 2.45) is 0 Å². The van der Waals surface area contributed by atoms with Gasteiger partial charge in [-0.05, 0) is 40.8 Å². The van der Waals surface area contributed by atoms with Crippen molar-refractivity contribution in [2.75, 3.05) is 20.2 Å². The Morgan fingerprint density at radius 1 is 1.08 bits per heavy atom. The zero-order valence-corrected chi connectivity index (χ0v) is 14.9. The van der Waals surface area contributed by atoms with Crippen LogP contribution in [0.25, 0.3) is 16.5 Å². The first-order valence-corrected chi connectivity index (χ1v) is 8.90. The van der Waals surface area contributed by atoms with Crippen LogP contribution in [0.5, 0.6) is 5.75 Å². The summed E-state index contributed by atoms with van der Waals surface area (Å²) in [6, 6.07) is 18.4. The van der Waals surface area contributed by atoms with Gasteiger partial charge in [-0.3, -0.25) is 4.79 Å². The molecule has 2 heterocycles. The number of aromatic nitrogens is 1. The van der Waals surface area contributed by atoms with Gasteiger partial charge in [0.1, 0.15) is 5.75 Å². The highest BCUT2D eigenvalue weighted by Gasteiger charge is 2.20. The Hall–Kier alpha value is -3.01. The second kappa shape index (κ2) is 7.08. The van der Waals surface area contributed by atoms with Crippen molar-refractivity contribution in [3.63, 3.8) is 0 Å². The molecule has 0 radical (unpaired) electrons. The van der Waals surface area contributed by atoms with E-state index in [1.807, 2.05) is 41.3 Å². The van der Waals surface area contributed by atoms with Crippen LogP contribution in [0.1, 0.15) is 12.0 Å². The Morgan fingerprint density at radius 3 is 2.69 bits per heavy atom. The second-order valence-corrected chi connectivity index (χ2v) is 6.55. The third-order valence-corrected chi connectivity index (χ3v) is 4.98. The smallest absolute Gasteiger partial charge is 0.224 e. The summed E-state index contributed by atoms with van der Waals surface area (Å²) in [6.45, 7) is 2.07. The van der Waals surface area contributed by atoms with E-state index < -0.39 is 0 Å². The number of para-hydroxylation sites is 1. The number of benzene rings is 2. The lowest BCUT2D eigenvalue weighted by Crippen LogP contribution is -2.29. The molecular weight excluding hydrogens is 324 g/mol. The molecule has 1 aliphatic heterocycles. The molecule has 0 saturated heterocycles. The standard InChI is InChI=1S/C22H22N2O2/c1-26-20-8-6-17(7-9-20)19-11-14-24(16-19)22(25)12-15-23-13-10-18-4-2-3-5-21(18)23/h2-11,13H,12,14-16H2,1H3. The van der Waals surface area contributed by atoms with Crippen LogP contribution < -0.4 is 4.74 Å². The van der Waals surface area contributed by atoms with Crippen molar-refractivity contribution in [3.8, 4) is 5.75 Å². The molecule has 0 fully saturated rings. The predicted molar refractivity (Wildman–Crippen MR) is 104 cm³/mol. The molecule has 4 nitrogen and oxygen atoms in total. The van der Waals surface area contributed by atoms with Crippen molar-refractivity contribution < 1.29 is 9.53 Å². The molecule has 1 amide bonds. The first kappa shape index (κ1) is 16.5. The second-order valence-electron chi connectivity index (χ2n) is 6.55. The zero-order chi connectivity index (χ0) is 17.9. The average molecular weight is 346 g/mol. The third kappa shape index (κ3) is 3.23. The normalized spacial score (nSPS) is 13.9. The van der Waals surface area contributed by atoms with Gasteiger partial charge < -0.3 is 14.2 Å². The van der Waals surface area contributed by atoms with E-state index in [9.17, 15) is 4.79 Å². The molecule has 0 bridgehead atoms. The lowest BCUT2D eigenvalue weighted by Gasteiger charge is -2.17. The van der Waals surface area contributed by atoms with Gasteiger partial charge in [-0.15, -0.1) is 0 Å². The number of methoxy groups -OCH3 is 1. The van der Waals surface area contributed by atoms with Gasteiger partial charge >= 0.3 is 0 Å². The van der Waals surface area contributed by atoms with Crippen LogP contribution in [0.15, 0.2) is 66.9 Å². The van der Waals surface area contributed by atoms with E-state index >= 15 is 0 Å². The molecule has 0 aliphatic carbocycles. The Morgan fingerprint density at radius 2 is 1.88 bits per heavy atom. The van der Waals surface area contributed by atoms with Gasteiger partial charge in [-0.25, -0.2) is 0 Å². The van der Waals surface area contributed by atoms with Crippen LogP contribution in [0.2, 0.25) is 0 Å². The van der Waals surface area contributed by atoms with E-state index in [1.54, 1.807) is 7.11 Å². The van der Waals surface area contributed by atoms with E-state index in [-0.39, 0.29) is 5.91 Å². The summed E-state index contributed by atoms with van der Waals surface area (Å²) >= 11 is 0. The minimum absolute atomic E-state index is 0.197. The molecule has 1 aromatic heterocycles. The average Bonchev–Trinajstić information content (AvgIpc) is 3.34. The quantitative estimate of drug-likeness (QED) is 0.701. The van der Waals surface area contributed by atoms with Gasteiger partial charge in [0, 0.05) is 37.8 Å². The summed E-state index contributed by atoms with van der Waals surface area (Å²) in [4.78, 5) is 14.5. The number of ether oxygens (including phenoxy) is 1. The summed E-state index contributed by atoms with van der Waals surface area (Å²) in [5.74, 6) is 1.04. The number of nitrogens with zero attached hydrogens (tertiary/aromatic N) is 2. The molecule has 0 unspecified atom stereocenters. The van der Waals surface area contributed by atoms with Gasteiger partial charge in [0.25, 0.3) is 0 Å². The number of rotatable bonds is 5. The summed E-state index contributed by atoms with van der Waals surface area (Å²) in [6.07, 6.45) is 4.72. The van der Waals surface area contributed by atoms with Gasteiger partial charge in [0.15, 0.2) is 0 Å². The lowest BCUT2D eigenvalue weighted by atomic mass is 10.1. The highest BCUT2D eigenvalue weighted by Crippen LogP contribution is 2.24. The van der Waals surface area contributed by atoms with Crippen molar-refractivity contribution in [1.29, 1.82) is 0 Å². The van der Waals surface area contributed by atoms with Crippen LogP contribution in [0, 0.1) is 0 Å². The lowest BCUT2D eigenvalue weighted by molar-refractivity contribution is -0.130. The zero-order valence-electron chi connectivity index (χ0n) is 14.9. The summed E-state index contributed by atoms with van der Waals surface area (Å²) < 4.78 is 7.36. The predicted octanol–water partition coefficient (Wildman–Crippen LogP) is 3.97. The van der Waals surface area contributed by atoms with Crippen LogP contribution >= 0.6 is 0 Å². The van der Waals surface area contributed by atoms with Gasteiger partial charge in [0.05, 0.1) is 7.11 Å². The fourth-order valence-corrected chi connectivity index (χ4v) is 3.47. The minimum Gasteiger partial charge on any atom is -0.497 e. The Kier molecular flexibility index (Phi) is 4.48. The summed E-state index contributed by atoms with van der Waals surface area (Å²) in [5.41, 5.74) is 3.53. The first-order valence-electron chi connectivity index (χ1n) is 8.90. The van der Waals surface area contributed by atoms with Crippen LogP contribution in [0.3, 0.4) is 0 Å². The number of hydrogen-bond donors (Lipinski definition) is 0. The largest absolute Gasteiger partial charge is 0.497 e. The molecule has 0 N–H and O–H groups in total. The summed E-state index contributed by atoms with van der Waals surface area (Å²) in [5, 5.41) is 1.21. The molecule has 2 aromatic carbocycles. The summed E-state index contributed by atoms with van der Waals surface area (Å²) in [7, 11) is 1.66. The third-order valence-electron chi connectivity index (χ3n) is 4.98. The number of carbonyl (C=O) groups excluding carboxylic acids is 1. The van der Waals surface area contributed by atoms with Gasteiger partial charge in [0.2, 0.25) is 5.91 Å². The molecule has 0 saturated carbocycles. The highest BCUT2D eigenvalue weighted by molar-refractivity contribution is 5.83. The van der Waals surface area contributed by atoms with Crippen LogP contribution in [0.4, 0.5) is 0 Å². The molecule has 4 rings (SSSR count). The van der Waals surface area contributed by atoms with Crippen LogP contribution in [-0.4, -0.2) is 35.6 Å². The maximum atomic E-state index is 12.6. The fourth-order valence-electron chi connectivity index (χ4n) is 3.47. The van der Waals surface area contributed by atoms with E-state index in [0.717, 1.165) is 11.3 Å². The molecule has 132 valence electrons. The van der Waals surface area contributed by atoms with E-state index in [1.165, 1.54) is 16.5 Å². The Bertz CT molecular complexity index is 954. The number of aryl methyl sites for hydroxylation is 1. The Balaban J connectivity index is 1.36. The maximum absolute atomic E-state index is 12.6. The molecule has 0 atom stereocenters. The van der Waals surface area contributed by atoms with Gasteiger partial charge in [-0.2, -0.15) is 0 Å². The maximum Gasteiger partial charge on any atom is 0.224 e. The van der Waals surface area contributed by atoms with Crippen LogP contribution in [-0.2, 0) is 11.3 Å². The SMILES string of the molecule is COc1ccc(C2=CCN(C(=O)CCn3ccc4ccccc43)C2)cc1. The van der Waals surface area contributed by atoms with Crippen molar-refractivity contribution in [3.05, 3.63) is 72.4 Å². The highest BCUT2D eigenvalue weighted by atomic mass is 16.5. The molecular formula is C22H22N2O2. The topological polar surface area (TPSA) is 34.5 Å². The Labute approximate surface area is 153 Å². The first-order chi connectivity index (χ1) is 12.7. The number of carbonyl (C=O) groups is 1. The number of fused-ring (bicyclic) bond motifs is 1. The van der Waals surface area contributed by atoms with Crippen molar-refractivity contribution in [1.82, 2.24) is 9.47 Å². The van der Waals surface area contributed by atoms with Crippen molar-refractivity contribution in [2.45, 2.75) is 13.0 Å². The number of hydrogen-bond acceptors (Lipinski definition) is 2. The minimum atomic E-state index is 0.197. The van der Waals surface area contributed by atoms with Crippen molar-refractivity contribution >= 4 is 22.4 Å². The molecule has 0 spiro atoms. The monoisotopic (exact) mass is 346 g/mol. The number of amides is 1.